The van der Waals surface area contributed by atoms with Crippen LogP contribution in [0.4, 0.5) is 0 Å². The van der Waals surface area contributed by atoms with Crippen molar-refractivity contribution in [2.24, 2.45) is 0 Å². The Morgan fingerprint density at radius 1 is 1.16 bits per heavy atom. The van der Waals surface area contributed by atoms with Crippen LogP contribution in [0, 0.1) is 0 Å². The van der Waals surface area contributed by atoms with E-state index in [2.05, 4.69) is 61.1 Å². The molecule has 0 fully saturated rings. The second-order valence-corrected chi connectivity index (χ2v) is 5.53. The largest absolute Gasteiger partial charge is 0.347 e. The maximum atomic E-state index is 3.48. The van der Waals surface area contributed by atoms with Gasteiger partial charge in [-0.3, -0.25) is 0 Å². The summed E-state index contributed by atoms with van der Waals surface area (Å²) in [5, 5.41) is 4.85. The molecule has 1 aromatic carbocycles. The van der Waals surface area contributed by atoms with E-state index in [1.807, 2.05) is 0 Å². The Kier molecular flexibility index (Phi) is 5.03. The Bertz CT molecular complexity index is 511. The normalized spacial score (nSPS) is 11.6. The second-order valence-electron chi connectivity index (χ2n) is 5.53. The van der Waals surface area contributed by atoms with Gasteiger partial charge >= 0.3 is 0 Å². The highest BCUT2D eigenvalue weighted by Crippen LogP contribution is 2.21. The summed E-state index contributed by atoms with van der Waals surface area (Å²) in [6, 6.07) is 9.46. The molecule has 0 unspecified atom stereocenters. The molecule has 0 aliphatic carbocycles. The lowest BCUT2D eigenvalue weighted by Gasteiger charge is -2.10. The zero-order chi connectivity index (χ0) is 13.7. The number of benzene rings is 1. The highest BCUT2D eigenvalue weighted by Gasteiger charge is 2.04. The molecule has 0 saturated carbocycles. The van der Waals surface area contributed by atoms with E-state index in [4.69, 9.17) is 0 Å². The highest BCUT2D eigenvalue weighted by molar-refractivity contribution is 5.83. The molecular formula is C17H26N2. The minimum Gasteiger partial charge on any atom is -0.347 e. The summed E-state index contributed by atoms with van der Waals surface area (Å²) >= 11 is 0. The first-order valence-corrected chi connectivity index (χ1v) is 7.52. The highest BCUT2D eigenvalue weighted by atomic mass is 15.0. The first kappa shape index (κ1) is 14.1. The molecule has 19 heavy (non-hydrogen) atoms. The van der Waals surface area contributed by atoms with Gasteiger partial charge in [0, 0.05) is 18.8 Å². The van der Waals surface area contributed by atoms with E-state index >= 15 is 0 Å². The van der Waals surface area contributed by atoms with Crippen LogP contribution in [0.1, 0.15) is 39.2 Å². The van der Waals surface area contributed by atoms with Crippen LogP contribution >= 0.6 is 0 Å². The number of fused-ring (bicyclic) bond motifs is 1. The van der Waals surface area contributed by atoms with Crippen molar-refractivity contribution in [2.75, 3.05) is 6.54 Å². The number of para-hydroxylation sites is 1. The van der Waals surface area contributed by atoms with Gasteiger partial charge in [0.15, 0.2) is 0 Å². The average molecular weight is 258 g/mol. The van der Waals surface area contributed by atoms with Gasteiger partial charge in [0.25, 0.3) is 0 Å². The summed E-state index contributed by atoms with van der Waals surface area (Å²) < 4.78 is 2.42. The van der Waals surface area contributed by atoms with Crippen molar-refractivity contribution in [2.45, 2.75) is 52.6 Å². The van der Waals surface area contributed by atoms with Crippen LogP contribution in [0.15, 0.2) is 30.5 Å². The molecule has 1 heterocycles. The Morgan fingerprint density at radius 2 is 2.00 bits per heavy atom. The lowest BCUT2D eigenvalue weighted by atomic mass is 10.1. The molecule has 1 aromatic heterocycles. The standard InChI is InChI=1S/C17H26N2/c1-4-15-8-7-9-16-10-13-19(17(15)16)12-6-5-11-18-14(2)3/h7-10,13-14,18H,4-6,11-12H2,1-3H3. The topological polar surface area (TPSA) is 17.0 Å². The quantitative estimate of drug-likeness (QED) is 0.743. The summed E-state index contributed by atoms with van der Waals surface area (Å²) in [5.74, 6) is 0. The number of hydrogen-bond donors (Lipinski definition) is 1. The molecule has 1 N–H and O–H groups in total. The summed E-state index contributed by atoms with van der Waals surface area (Å²) in [4.78, 5) is 0. The van der Waals surface area contributed by atoms with Crippen LogP contribution in [-0.2, 0) is 13.0 Å². The lowest BCUT2D eigenvalue weighted by molar-refractivity contribution is 0.535. The van der Waals surface area contributed by atoms with Crippen LogP contribution in [0.3, 0.4) is 0 Å². The smallest absolute Gasteiger partial charge is 0.0512 e. The van der Waals surface area contributed by atoms with Crippen LogP contribution in [0.2, 0.25) is 0 Å². The number of nitrogens with one attached hydrogen (secondary N) is 1. The molecule has 0 radical (unpaired) electrons. The van der Waals surface area contributed by atoms with Crippen LogP contribution in [-0.4, -0.2) is 17.2 Å². The van der Waals surface area contributed by atoms with Gasteiger partial charge in [0.05, 0.1) is 5.52 Å². The fraction of sp³-hybridized carbons (Fsp3) is 0.529. The summed E-state index contributed by atoms with van der Waals surface area (Å²) in [7, 11) is 0. The third-order valence-electron chi connectivity index (χ3n) is 3.63. The molecule has 2 aromatic rings. The maximum absolute atomic E-state index is 3.48. The van der Waals surface area contributed by atoms with Crippen molar-refractivity contribution in [1.82, 2.24) is 9.88 Å². The molecule has 2 nitrogen and oxygen atoms in total. The van der Waals surface area contributed by atoms with Crippen molar-refractivity contribution in [3.63, 3.8) is 0 Å². The fourth-order valence-corrected chi connectivity index (χ4v) is 2.61. The van der Waals surface area contributed by atoms with Gasteiger partial charge in [0.1, 0.15) is 0 Å². The van der Waals surface area contributed by atoms with E-state index < -0.39 is 0 Å². The van der Waals surface area contributed by atoms with E-state index in [1.54, 1.807) is 0 Å². The number of unbranched alkanes of at least 4 members (excludes halogenated alkanes) is 1. The molecular weight excluding hydrogens is 232 g/mol. The summed E-state index contributed by atoms with van der Waals surface area (Å²) in [6.45, 7) is 8.89. The number of aryl methyl sites for hydroxylation is 2. The molecule has 0 aliphatic rings. The molecule has 104 valence electrons. The van der Waals surface area contributed by atoms with Crippen molar-refractivity contribution < 1.29 is 0 Å². The zero-order valence-corrected chi connectivity index (χ0v) is 12.4. The van der Waals surface area contributed by atoms with E-state index in [9.17, 15) is 0 Å². The average Bonchev–Trinajstić information content (AvgIpc) is 2.81. The Balaban J connectivity index is 1.97. The van der Waals surface area contributed by atoms with Gasteiger partial charge in [-0.05, 0) is 42.8 Å². The van der Waals surface area contributed by atoms with E-state index in [1.165, 1.54) is 29.3 Å². The van der Waals surface area contributed by atoms with E-state index in [-0.39, 0.29) is 0 Å². The monoisotopic (exact) mass is 258 g/mol. The number of aromatic nitrogens is 1. The molecule has 0 amide bonds. The predicted molar refractivity (Wildman–Crippen MR) is 83.7 cm³/mol. The second kappa shape index (κ2) is 6.76. The molecule has 0 spiro atoms. The first-order chi connectivity index (χ1) is 9.22. The number of rotatable bonds is 7. The van der Waals surface area contributed by atoms with Crippen LogP contribution in [0.5, 0.6) is 0 Å². The minimum atomic E-state index is 0.596. The first-order valence-electron chi connectivity index (χ1n) is 7.52. The Morgan fingerprint density at radius 3 is 2.74 bits per heavy atom. The summed E-state index contributed by atoms with van der Waals surface area (Å²) in [5.41, 5.74) is 2.89. The van der Waals surface area contributed by atoms with Gasteiger partial charge in [-0.1, -0.05) is 39.0 Å². The van der Waals surface area contributed by atoms with Crippen molar-refractivity contribution in [3.8, 4) is 0 Å². The molecule has 0 bridgehead atoms. The fourth-order valence-electron chi connectivity index (χ4n) is 2.61. The Labute approximate surface area is 116 Å². The van der Waals surface area contributed by atoms with Crippen LogP contribution in [0.25, 0.3) is 10.9 Å². The summed E-state index contributed by atoms with van der Waals surface area (Å²) in [6.07, 6.45) is 5.82. The van der Waals surface area contributed by atoms with Gasteiger partial charge < -0.3 is 9.88 Å². The third-order valence-corrected chi connectivity index (χ3v) is 3.63. The third kappa shape index (κ3) is 3.60. The number of nitrogens with zero attached hydrogens (tertiary/aromatic N) is 1. The van der Waals surface area contributed by atoms with Gasteiger partial charge in [0.2, 0.25) is 0 Å². The molecule has 0 aliphatic heterocycles. The van der Waals surface area contributed by atoms with Crippen LogP contribution < -0.4 is 5.32 Å². The van der Waals surface area contributed by atoms with Crippen molar-refractivity contribution >= 4 is 10.9 Å². The van der Waals surface area contributed by atoms with E-state index in [0.717, 1.165) is 19.5 Å². The molecule has 2 heteroatoms. The minimum absolute atomic E-state index is 0.596. The SMILES string of the molecule is CCc1cccc2ccn(CCCCNC(C)C)c12. The van der Waals surface area contributed by atoms with Gasteiger partial charge in [-0.2, -0.15) is 0 Å². The lowest BCUT2D eigenvalue weighted by Crippen LogP contribution is -2.23. The van der Waals surface area contributed by atoms with Gasteiger partial charge in [-0.25, -0.2) is 0 Å². The van der Waals surface area contributed by atoms with Gasteiger partial charge in [-0.15, -0.1) is 0 Å². The molecule has 0 atom stereocenters. The molecule has 2 rings (SSSR count). The Hall–Kier alpha value is -1.28. The maximum Gasteiger partial charge on any atom is 0.0512 e. The predicted octanol–water partition coefficient (Wildman–Crippen LogP) is 3.98. The zero-order valence-electron chi connectivity index (χ0n) is 12.4. The van der Waals surface area contributed by atoms with Crippen molar-refractivity contribution in [3.05, 3.63) is 36.0 Å². The van der Waals surface area contributed by atoms with E-state index in [0.29, 0.717) is 6.04 Å². The number of hydrogen-bond acceptors (Lipinski definition) is 1. The van der Waals surface area contributed by atoms with Crippen molar-refractivity contribution in [1.29, 1.82) is 0 Å². The molecule has 0 saturated heterocycles.